The third-order valence-electron chi connectivity index (χ3n) is 5.63. The molecule has 8 heteroatoms. The Morgan fingerprint density at radius 3 is 2.06 bits per heavy atom. The van der Waals surface area contributed by atoms with E-state index in [0.717, 1.165) is 27.2 Å². The maximum atomic E-state index is 13.0. The lowest BCUT2D eigenvalue weighted by Crippen LogP contribution is -2.42. The third kappa shape index (κ3) is 6.14. The first-order valence-electron chi connectivity index (χ1n) is 11.4. The van der Waals surface area contributed by atoms with Crippen LogP contribution in [0.15, 0.2) is 48.5 Å². The van der Waals surface area contributed by atoms with Gasteiger partial charge in [-0.1, -0.05) is 48.5 Å². The Balaban J connectivity index is 1.69. The second-order valence-corrected chi connectivity index (χ2v) is 9.38. The highest BCUT2D eigenvalue weighted by Crippen LogP contribution is 2.44. The molecule has 8 nitrogen and oxygen atoms in total. The largest absolute Gasteiger partial charge is 0.480 e. The van der Waals surface area contributed by atoms with Gasteiger partial charge < -0.3 is 20.3 Å². The molecule has 0 radical (unpaired) electrons. The number of carboxylic acid groups (broad SMARTS) is 1. The molecule has 3 rings (SSSR count). The van der Waals surface area contributed by atoms with E-state index < -0.39 is 29.8 Å². The summed E-state index contributed by atoms with van der Waals surface area (Å²) in [5, 5.41) is 8.92. The molecule has 3 N–H and O–H groups in total. The van der Waals surface area contributed by atoms with Gasteiger partial charge >= 0.3 is 18.2 Å². The molecule has 0 aromatic heterocycles. The summed E-state index contributed by atoms with van der Waals surface area (Å²) in [7, 11) is 0. The molecule has 0 aliphatic heterocycles. The van der Waals surface area contributed by atoms with Crippen LogP contribution in [-0.4, -0.2) is 53.0 Å². The monoisotopic (exact) mass is 468 g/mol. The van der Waals surface area contributed by atoms with E-state index in [2.05, 4.69) is 0 Å². The molecule has 0 bridgehead atoms. The maximum absolute atomic E-state index is 13.0. The molecule has 0 spiro atoms. The van der Waals surface area contributed by atoms with Gasteiger partial charge in [-0.25, -0.2) is 14.5 Å². The van der Waals surface area contributed by atoms with Crippen LogP contribution in [0.1, 0.15) is 57.1 Å². The highest BCUT2D eigenvalue weighted by molar-refractivity contribution is 5.88. The molecule has 2 aromatic carbocycles. The van der Waals surface area contributed by atoms with Crippen LogP contribution in [0.5, 0.6) is 0 Å². The fourth-order valence-corrected chi connectivity index (χ4v) is 4.00. The topological polar surface area (TPSA) is 119 Å². The summed E-state index contributed by atoms with van der Waals surface area (Å²) in [6.45, 7) is 5.26. The minimum atomic E-state index is -1.08. The van der Waals surface area contributed by atoms with Gasteiger partial charge in [-0.05, 0) is 62.3 Å². The molecular weight excluding hydrogens is 436 g/mol. The van der Waals surface area contributed by atoms with Crippen molar-refractivity contribution in [3.05, 3.63) is 59.7 Å². The smallest absolute Gasteiger partial charge is 0.419 e. The summed E-state index contributed by atoms with van der Waals surface area (Å²) in [5.74, 6) is -1.22. The van der Waals surface area contributed by atoms with Crippen molar-refractivity contribution < 1.29 is 29.0 Å². The van der Waals surface area contributed by atoms with Crippen molar-refractivity contribution >= 4 is 18.2 Å². The molecule has 2 aromatic rings. The van der Waals surface area contributed by atoms with Crippen LogP contribution in [-0.2, 0) is 14.3 Å². The molecule has 182 valence electrons. The van der Waals surface area contributed by atoms with Crippen molar-refractivity contribution in [3.8, 4) is 11.1 Å². The van der Waals surface area contributed by atoms with E-state index in [1.165, 1.54) is 0 Å². The molecule has 0 unspecified atom stereocenters. The molecule has 0 saturated heterocycles. The molecule has 2 amide bonds. The number of nitrogens with zero attached hydrogens (tertiary/aromatic N) is 1. The molecule has 1 aliphatic rings. The van der Waals surface area contributed by atoms with Crippen LogP contribution in [0.3, 0.4) is 0 Å². The van der Waals surface area contributed by atoms with Crippen molar-refractivity contribution in [1.82, 2.24) is 4.90 Å². The Bertz CT molecular complexity index is 1000. The summed E-state index contributed by atoms with van der Waals surface area (Å²) in [5.41, 5.74) is 9.11. The standard InChI is InChI=1S/C26H32N2O6/c1-26(2,3)34-25(32)28(15-9-8-14-22(27)23(29)30)24(31)33-16-21-19-12-6-4-10-17(19)18-11-5-7-13-20(18)21/h4-7,10-13,21-22H,8-9,14-16,27H2,1-3H3,(H,29,30)/t22-/m0/s1. The van der Waals surface area contributed by atoms with Crippen molar-refractivity contribution in [1.29, 1.82) is 0 Å². The Kier molecular flexibility index (Phi) is 7.94. The van der Waals surface area contributed by atoms with Gasteiger partial charge in [-0.15, -0.1) is 0 Å². The van der Waals surface area contributed by atoms with E-state index in [1.807, 2.05) is 48.5 Å². The number of benzene rings is 2. The van der Waals surface area contributed by atoms with E-state index in [9.17, 15) is 14.4 Å². The van der Waals surface area contributed by atoms with Gasteiger partial charge in [-0.3, -0.25) is 4.79 Å². The Morgan fingerprint density at radius 1 is 0.971 bits per heavy atom. The summed E-state index contributed by atoms with van der Waals surface area (Å²) < 4.78 is 11.0. The first-order chi connectivity index (χ1) is 16.1. The molecule has 0 heterocycles. The Labute approximate surface area is 199 Å². The van der Waals surface area contributed by atoms with Gasteiger partial charge in [0.1, 0.15) is 18.2 Å². The summed E-state index contributed by atoms with van der Waals surface area (Å²) in [4.78, 5) is 37.5. The molecule has 0 fully saturated rings. The first kappa shape index (κ1) is 25.2. The third-order valence-corrected chi connectivity index (χ3v) is 5.63. The van der Waals surface area contributed by atoms with Gasteiger partial charge in [0.2, 0.25) is 0 Å². The highest BCUT2D eigenvalue weighted by Gasteiger charge is 2.32. The molecule has 34 heavy (non-hydrogen) atoms. The van der Waals surface area contributed by atoms with Crippen molar-refractivity contribution in [2.75, 3.05) is 13.2 Å². The first-order valence-corrected chi connectivity index (χ1v) is 11.4. The van der Waals surface area contributed by atoms with Crippen LogP contribution >= 0.6 is 0 Å². The zero-order valence-corrected chi connectivity index (χ0v) is 19.8. The SMILES string of the molecule is CC(C)(C)OC(=O)N(CCCC[C@H](N)C(=O)O)C(=O)OCC1c2ccccc2-c2ccccc21. The Hall–Kier alpha value is -3.39. The van der Waals surface area contributed by atoms with E-state index in [-0.39, 0.29) is 25.5 Å². The van der Waals surface area contributed by atoms with Gasteiger partial charge in [0.25, 0.3) is 0 Å². The molecule has 1 aliphatic carbocycles. The quantitative estimate of drug-likeness (QED) is 0.536. The maximum Gasteiger partial charge on any atom is 0.419 e. The normalized spacial score (nSPS) is 13.5. The van der Waals surface area contributed by atoms with Crippen LogP contribution in [0.2, 0.25) is 0 Å². The van der Waals surface area contributed by atoms with Crippen LogP contribution < -0.4 is 5.73 Å². The lowest BCUT2D eigenvalue weighted by atomic mass is 9.98. The lowest BCUT2D eigenvalue weighted by Gasteiger charge is -2.26. The number of hydrogen-bond donors (Lipinski definition) is 2. The van der Waals surface area contributed by atoms with Gasteiger partial charge in [-0.2, -0.15) is 0 Å². The number of unbranched alkanes of at least 4 members (excludes halogenated alkanes) is 1. The van der Waals surface area contributed by atoms with E-state index in [1.54, 1.807) is 20.8 Å². The van der Waals surface area contributed by atoms with Gasteiger partial charge in [0.05, 0.1) is 0 Å². The van der Waals surface area contributed by atoms with Crippen LogP contribution in [0, 0.1) is 0 Å². The minimum absolute atomic E-state index is 0.0396. The fourth-order valence-electron chi connectivity index (χ4n) is 4.00. The summed E-state index contributed by atoms with van der Waals surface area (Å²) in [6, 6.07) is 15.0. The highest BCUT2D eigenvalue weighted by atomic mass is 16.6. The average Bonchev–Trinajstić information content (AvgIpc) is 3.09. The Morgan fingerprint density at radius 2 is 1.53 bits per heavy atom. The fraction of sp³-hybridized carbons (Fsp3) is 0.423. The number of nitrogens with two attached hydrogens (primary N) is 1. The predicted molar refractivity (Wildman–Crippen MR) is 127 cm³/mol. The second-order valence-electron chi connectivity index (χ2n) is 9.38. The number of imide groups is 1. The molecule has 1 atom stereocenters. The molecular formula is C26H32N2O6. The number of fused-ring (bicyclic) bond motifs is 3. The predicted octanol–water partition coefficient (Wildman–Crippen LogP) is 4.75. The van der Waals surface area contributed by atoms with Crippen LogP contribution in [0.4, 0.5) is 9.59 Å². The molecule has 0 saturated carbocycles. The number of carbonyl (C=O) groups is 3. The number of hydrogen-bond acceptors (Lipinski definition) is 6. The number of ether oxygens (including phenoxy) is 2. The zero-order chi connectivity index (χ0) is 24.9. The lowest BCUT2D eigenvalue weighted by molar-refractivity contribution is -0.138. The number of amides is 2. The van der Waals surface area contributed by atoms with E-state index in [0.29, 0.717) is 12.8 Å². The van der Waals surface area contributed by atoms with E-state index in [4.69, 9.17) is 20.3 Å². The van der Waals surface area contributed by atoms with Gasteiger partial charge in [0.15, 0.2) is 0 Å². The average molecular weight is 469 g/mol. The zero-order valence-electron chi connectivity index (χ0n) is 19.8. The van der Waals surface area contributed by atoms with E-state index >= 15 is 0 Å². The van der Waals surface area contributed by atoms with Crippen LogP contribution in [0.25, 0.3) is 11.1 Å². The minimum Gasteiger partial charge on any atom is -0.480 e. The summed E-state index contributed by atoms with van der Waals surface area (Å²) >= 11 is 0. The van der Waals surface area contributed by atoms with Gasteiger partial charge in [0, 0.05) is 12.5 Å². The number of rotatable bonds is 8. The summed E-state index contributed by atoms with van der Waals surface area (Å²) in [6.07, 6.45) is -0.540. The van der Waals surface area contributed by atoms with Crippen molar-refractivity contribution in [2.45, 2.75) is 57.6 Å². The number of aliphatic carboxylic acids is 1. The van der Waals surface area contributed by atoms with Crippen molar-refractivity contribution in [2.24, 2.45) is 5.73 Å². The number of carboxylic acids is 1. The second kappa shape index (κ2) is 10.7. The van der Waals surface area contributed by atoms with Crippen molar-refractivity contribution in [3.63, 3.8) is 0 Å². The number of carbonyl (C=O) groups excluding carboxylic acids is 2.